The van der Waals surface area contributed by atoms with E-state index in [1.165, 1.54) is 0 Å². The fraction of sp³-hybridized carbons (Fsp3) is 0.476. The summed E-state index contributed by atoms with van der Waals surface area (Å²) in [7, 11) is 0. The predicted octanol–water partition coefficient (Wildman–Crippen LogP) is 3.44. The molecule has 146 valence electrons. The van der Waals surface area contributed by atoms with Crippen molar-refractivity contribution in [2.45, 2.75) is 54.0 Å². The van der Waals surface area contributed by atoms with E-state index in [0.717, 1.165) is 41.2 Å². The van der Waals surface area contributed by atoms with Gasteiger partial charge < -0.3 is 10.1 Å². The quantitative estimate of drug-likeness (QED) is 0.722. The minimum Gasteiger partial charge on any atom is -0.455 e. The number of carbonyl (C=O) groups excluding carboxylic acids is 2. The maximum absolute atomic E-state index is 12.2. The summed E-state index contributed by atoms with van der Waals surface area (Å²) < 4.78 is 7.09. The van der Waals surface area contributed by atoms with Crippen LogP contribution in [0, 0.1) is 19.8 Å². The lowest BCUT2D eigenvalue weighted by molar-refractivity contribution is -0.146. The first-order chi connectivity index (χ1) is 12.8. The van der Waals surface area contributed by atoms with E-state index in [9.17, 15) is 9.59 Å². The fourth-order valence-corrected chi connectivity index (χ4v) is 2.99. The van der Waals surface area contributed by atoms with Crippen molar-refractivity contribution in [1.82, 2.24) is 9.78 Å². The molecule has 1 aromatic heterocycles. The van der Waals surface area contributed by atoms with Crippen LogP contribution >= 0.6 is 0 Å². The van der Waals surface area contributed by atoms with Crippen LogP contribution in [0.25, 0.3) is 0 Å². The monoisotopic (exact) mass is 371 g/mol. The van der Waals surface area contributed by atoms with Crippen molar-refractivity contribution in [3.63, 3.8) is 0 Å². The van der Waals surface area contributed by atoms with Gasteiger partial charge >= 0.3 is 5.97 Å². The Morgan fingerprint density at radius 3 is 2.59 bits per heavy atom. The largest absolute Gasteiger partial charge is 0.455 e. The molecule has 1 amide bonds. The molecule has 1 N–H and O–H groups in total. The van der Waals surface area contributed by atoms with Crippen molar-refractivity contribution < 1.29 is 14.3 Å². The van der Waals surface area contributed by atoms with Gasteiger partial charge in [0.2, 0.25) is 0 Å². The smallest absolute Gasteiger partial charge is 0.310 e. The van der Waals surface area contributed by atoms with E-state index in [1.54, 1.807) is 0 Å². The highest BCUT2D eigenvalue weighted by molar-refractivity contribution is 5.93. The van der Waals surface area contributed by atoms with Crippen LogP contribution in [-0.4, -0.2) is 28.3 Å². The Labute approximate surface area is 160 Å². The normalized spacial score (nSPS) is 10.9. The molecule has 2 rings (SSSR count). The zero-order valence-electron chi connectivity index (χ0n) is 16.8. The minimum atomic E-state index is -0.427. The highest BCUT2D eigenvalue weighted by Gasteiger charge is 2.17. The van der Waals surface area contributed by atoms with Crippen LogP contribution in [-0.2, 0) is 33.7 Å². The minimum absolute atomic E-state index is 0.120. The molecule has 0 aliphatic heterocycles. The number of hydrogen-bond donors (Lipinski definition) is 1. The number of carbonyl (C=O) groups is 2. The van der Waals surface area contributed by atoms with Crippen molar-refractivity contribution in [3.8, 4) is 0 Å². The number of esters is 1. The molecule has 0 saturated heterocycles. The molecular weight excluding hydrogens is 342 g/mol. The molecule has 6 nitrogen and oxygen atoms in total. The van der Waals surface area contributed by atoms with Gasteiger partial charge in [-0.15, -0.1) is 0 Å². The Kier molecular flexibility index (Phi) is 7.16. The van der Waals surface area contributed by atoms with Gasteiger partial charge in [-0.1, -0.05) is 39.0 Å². The molecule has 0 atom stereocenters. The Morgan fingerprint density at radius 2 is 1.93 bits per heavy atom. The summed E-state index contributed by atoms with van der Waals surface area (Å²) in [6.07, 6.45) is 0.934. The van der Waals surface area contributed by atoms with Crippen LogP contribution in [0.15, 0.2) is 24.3 Å². The molecular formula is C21H29N3O3. The van der Waals surface area contributed by atoms with Crippen molar-refractivity contribution in [2.24, 2.45) is 5.92 Å². The number of anilines is 1. The first-order valence-electron chi connectivity index (χ1n) is 9.38. The maximum atomic E-state index is 12.2. The molecule has 2 aromatic rings. The zero-order valence-corrected chi connectivity index (χ0v) is 16.8. The number of hydrogen-bond acceptors (Lipinski definition) is 4. The van der Waals surface area contributed by atoms with E-state index in [-0.39, 0.29) is 18.9 Å². The van der Waals surface area contributed by atoms with Crippen molar-refractivity contribution in [1.29, 1.82) is 0 Å². The topological polar surface area (TPSA) is 73.2 Å². The van der Waals surface area contributed by atoms with E-state index in [2.05, 4.69) is 24.3 Å². The van der Waals surface area contributed by atoms with Gasteiger partial charge in [0.05, 0.1) is 12.1 Å². The molecule has 27 heavy (non-hydrogen) atoms. The van der Waals surface area contributed by atoms with E-state index in [0.29, 0.717) is 5.92 Å². The Hall–Kier alpha value is -2.63. The van der Waals surface area contributed by atoms with Crippen molar-refractivity contribution in [3.05, 3.63) is 46.8 Å². The van der Waals surface area contributed by atoms with Crippen LogP contribution in [0.1, 0.15) is 43.3 Å². The SMILES string of the molecule is CCc1ccccc1NC(=O)COC(=O)Cc1c(C)nn(CC(C)C)c1C. The average molecular weight is 371 g/mol. The molecule has 0 saturated carbocycles. The Balaban J connectivity index is 1.91. The molecule has 6 heteroatoms. The number of para-hydroxylation sites is 1. The van der Waals surface area contributed by atoms with E-state index < -0.39 is 5.97 Å². The van der Waals surface area contributed by atoms with Gasteiger partial charge in [-0.25, -0.2) is 0 Å². The standard InChI is InChI=1S/C21H29N3O3/c1-6-17-9-7-8-10-19(17)22-20(25)13-27-21(26)11-18-15(4)23-24(16(18)5)12-14(2)3/h7-10,14H,6,11-13H2,1-5H3,(H,22,25). The fourth-order valence-electron chi connectivity index (χ4n) is 2.99. The number of nitrogens with one attached hydrogen (secondary N) is 1. The second-order valence-electron chi connectivity index (χ2n) is 7.12. The summed E-state index contributed by atoms with van der Waals surface area (Å²) in [5.74, 6) is -0.296. The molecule has 0 aliphatic carbocycles. The highest BCUT2D eigenvalue weighted by Crippen LogP contribution is 2.17. The van der Waals surface area contributed by atoms with Gasteiger partial charge in [0.15, 0.2) is 6.61 Å². The molecule has 1 aromatic carbocycles. The third-order valence-electron chi connectivity index (χ3n) is 4.43. The third-order valence-corrected chi connectivity index (χ3v) is 4.43. The number of rotatable bonds is 8. The zero-order chi connectivity index (χ0) is 20.0. The summed E-state index contributed by atoms with van der Waals surface area (Å²) in [6.45, 7) is 10.6. The summed E-state index contributed by atoms with van der Waals surface area (Å²) in [5.41, 5.74) is 4.46. The lowest BCUT2D eigenvalue weighted by atomic mass is 10.1. The average Bonchev–Trinajstić information content (AvgIpc) is 2.87. The van der Waals surface area contributed by atoms with E-state index in [1.807, 2.05) is 49.7 Å². The van der Waals surface area contributed by atoms with Crippen molar-refractivity contribution >= 4 is 17.6 Å². The molecule has 0 spiro atoms. The second-order valence-corrected chi connectivity index (χ2v) is 7.12. The third kappa shape index (κ3) is 5.67. The van der Waals surface area contributed by atoms with Gasteiger partial charge in [-0.2, -0.15) is 5.10 Å². The lowest BCUT2D eigenvalue weighted by Crippen LogP contribution is -2.22. The molecule has 0 unspecified atom stereocenters. The van der Waals surface area contributed by atoms with Crippen LogP contribution < -0.4 is 5.32 Å². The first-order valence-corrected chi connectivity index (χ1v) is 9.38. The molecule has 0 bridgehead atoms. The molecule has 0 aliphatic rings. The molecule has 0 radical (unpaired) electrons. The predicted molar refractivity (Wildman–Crippen MR) is 106 cm³/mol. The van der Waals surface area contributed by atoms with Crippen LogP contribution in [0.3, 0.4) is 0 Å². The number of aryl methyl sites for hydroxylation is 2. The van der Waals surface area contributed by atoms with Gasteiger partial charge in [-0.3, -0.25) is 14.3 Å². The van der Waals surface area contributed by atoms with Gasteiger partial charge in [0.1, 0.15) is 0 Å². The van der Waals surface area contributed by atoms with Gasteiger partial charge in [-0.05, 0) is 37.8 Å². The number of amides is 1. The number of ether oxygens (including phenoxy) is 1. The summed E-state index contributed by atoms with van der Waals surface area (Å²) in [4.78, 5) is 24.3. The number of benzene rings is 1. The summed E-state index contributed by atoms with van der Waals surface area (Å²) >= 11 is 0. The highest BCUT2D eigenvalue weighted by atomic mass is 16.5. The Bertz CT molecular complexity index is 809. The lowest BCUT2D eigenvalue weighted by Gasteiger charge is -2.10. The van der Waals surface area contributed by atoms with Gasteiger partial charge in [0.25, 0.3) is 5.91 Å². The van der Waals surface area contributed by atoms with Crippen LogP contribution in [0.5, 0.6) is 0 Å². The number of aromatic nitrogens is 2. The molecule has 0 fully saturated rings. The molecule has 1 heterocycles. The number of nitrogens with zero attached hydrogens (tertiary/aromatic N) is 2. The maximum Gasteiger partial charge on any atom is 0.310 e. The summed E-state index contributed by atoms with van der Waals surface area (Å²) in [6, 6.07) is 7.59. The first kappa shape index (κ1) is 20.7. The van der Waals surface area contributed by atoms with Crippen LogP contribution in [0.4, 0.5) is 5.69 Å². The van der Waals surface area contributed by atoms with Crippen LogP contribution in [0.2, 0.25) is 0 Å². The van der Waals surface area contributed by atoms with Crippen molar-refractivity contribution in [2.75, 3.05) is 11.9 Å². The van der Waals surface area contributed by atoms with Gasteiger partial charge in [0, 0.05) is 23.5 Å². The second kappa shape index (κ2) is 9.35. The van der Waals surface area contributed by atoms with E-state index in [4.69, 9.17) is 4.74 Å². The van der Waals surface area contributed by atoms with E-state index >= 15 is 0 Å². The Morgan fingerprint density at radius 1 is 1.22 bits per heavy atom. The summed E-state index contributed by atoms with van der Waals surface area (Å²) in [5, 5.41) is 7.30.